The molecule has 11 heavy (non-hydrogen) atoms. The molecule has 0 bridgehead atoms. The molecule has 0 aliphatic carbocycles. The average Bonchev–Trinajstić information content (AvgIpc) is 2.37. The van der Waals surface area contributed by atoms with Gasteiger partial charge in [0.25, 0.3) is 0 Å². The van der Waals surface area contributed by atoms with E-state index in [0.29, 0.717) is 0 Å². The monoisotopic (exact) mass is 194 g/mol. The third-order valence-electron chi connectivity index (χ3n) is 1.19. The highest BCUT2D eigenvalue weighted by molar-refractivity contribution is 8.13. The van der Waals surface area contributed by atoms with E-state index < -0.39 is 0 Å². The summed E-state index contributed by atoms with van der Waals surface area (Å²) in [5, 5.41) is 8.29. The van der Waals surface area contributed by atoms with Crippen LogP contribution in [0, 0.1) is 0 Å². The minimum absolute atomic E-state index is 0.0593. The Hall–Kier alpha value is 0.130. The first-order valence-electron chi connectivity index (χ1n) is 3.35. The van der Waals surface area contributed by atoms with Gasteiger partial charge in [-0.1, -0.05) is 0 Å². The van der Waals surface area contributed by atoms with E-state index in [1.165, 1.54) is 11.8 Å². The number of hydrogen-bond acceptors (Lipinski definition) is 5. The average molecular weight is 194 g/mol. The van der Waals surface area contributed by atoms with Crippen molar-refractivity contribution in [2.45, 2.75) is 6.10 Å². The molecule has 1 aliphatic heterocycles. The fourth-order valence-corrected chi connectivity index (χ4v) is 2.33. The van der Waals surface area contributed by atoms with E-state index in [2.05, 4.69) is 0 Å². The standard InChI is InChI=1S/C6H10O3S2/c7-1-2-10-3-5-4-11-6(8)9-5/h5,7H,1-4H2. The van der Waals surface area contributed by atoms with Crippen LogP contribution in [0.1, 0.15) is 0 Å². The van der Waals surface area contributed by atoms with Crippen molar-refractivity contribution in [2.24, 2.45) is 0 Å². The molecule has 0 aromatic carbocycles. The number of aliphatic hydroxyl groups is 1. The van der Waals surface area contributed by atoms with Crippen molar-refractivity contribution in [1.82, 2.24) is 0 Å². The molecule has 0 spiro atoms. The zero-order valence-corrected chi connectivity index (χ0v) is 7.62. The second-order valence-electron chi connectivity index (χ2n) is 2.10. The summed E-state index contributed by atoms with van der Waals surface area (Å²) < 4.78 is 4.93. The van der Waals surface area contributed by atoms with E-state index in [0.717, 1.165) is 17.3 Å². The molecule has 1 unspecified atom stereocenters. The summed E-state index contributed by atoms with van der Waals surface area (Å²) in [5.74, 6) is 2.29. The van der Waals surface area contributed by atoms with E-state index in [9.17, 15) is 4.79 Å². The predicted molar refractivity (Wildman–Crippen MR) is 47.1 cm³/mol. The molecule has 0 aromatic heterocycles. The summed E-state index contributed by atoms with van der Waals surface area (Å²) in [6, 6.07) is 0. The molecule has 1 fully saturated rings. The maximum absolute atomic E-state index is 10.6. The van der Waals surface area contributed by atoms with Crippen LogP contribution in [-0.2, 0) is 4.74 Å². The zero-order valence-electron chi connectivity index (χ0n) is 5.99. The van der Waals surface area contributed by atoms with E-state index >= 15 is 0 Å². The number of aliphatic hydroxyl groups excluding tert-OH is 1. The van der Waals surface area contributed by atoms with Gasteiger partial charge in [0.05, 0.1) is 6.61 Å². The number of thioether (sulfide) groups is 2. The lowest BCUT2D eigenvalue weighted by Crippen LogP contribution is -2.13. The number of ether oxygens (including phenoxy) is 1. The van der Waals surface area contributed by atoms with Gasteiger partial charge in [-0.05, 0) is 11.8 Å². The van der Waals surface area contributed by atoms with Crippen LogP contribution in [0.25, 0.3) is 0 Å². The lowest BCUT2D eigenvalue weighted by molar-refractivity contribution is 0.155. The maximum atomic E-state index is 10.6. The first-order chi connectivity index (χ1) is 5.33. The van der Waals surface area contributed by atoms with Gasteiger partial charge in [0.2, 0.25) is 0 Å². The van der Waals surface area contributed by atoms with Gasteiger partial charge >= 0.3 is 5.30 Å². The molecule has 0 amide bonds. The summed E-state index contributed by atoms with van der Waals surface area (Å²) in [7, 11) is 0. The van der Waals surface area contributed by atoms with Crippen LogP contribution < -0.4 is 0 Å². The summed E-state index contributed by atoms with van der Waals surface area (Å²) >= 11 is 2.84. The number of rotatable bonds is 4. The molecular weight excluding hydrogens is 184 g/mol. The van der Waals surface area contributed by atoms with Crippen LogP contribution >= 0.6 is 23.5 Å². The number of carbonyl (C=O) groups excluding carboxylic acids is 1. The summed E-state index contributed by atoms with van der Waals surface area (Å²) in [5.41, 5.74) is 0. The van der Waals surface area contributed by atoms with Crippen molar-refractivity contribution in [3.63, 3.8) is 0 Å². The topological polar surface area (TPSA) is 46.5 Å². The van der Waals surface area contributed by atoms with E-state index in [4.69, 9.17) is 9.84 Å². The number of carbonyl (C=O) groups is 1. The smallest absolute Gasteiger partial charge is 0.367 e. The first-order valence-corrected chi connectivity index (χ1v) is 5.49. The lowest BCUT2D eigenvalue weighted by Gasteiger charge is -2.05. The highest BCUT2D eigenvalue weighted by atomic mass is 32.2. The maximum Gasteiger partial charge on any atom is 0.367 e. The van der Waals surface area contributed by atoms with Crippen LogP contribution in [-0.4, -0.2) is 40.4 Å². The van der Waals surface area contributed by atoms with Crippen molar-refractivity contribution in [1.29, 1.82) is 0 Å². The molecule has 64 valence electrons. The third-order valence-corrected chi connectivity index (χ3v) is 3.14. The quantitative estimate of drug-likeness (QED) is 0.533. The highest BCUT2D eigenvalue weighted by Crippen LogP contribution is 2.21. The molecule has 1 atom stereocenters. The summed E-state index contributed by atoms with van der Waals surface area (Å²) in [4.78, 5) is 10.6. The second kappa shape index (κ2) is 4.90. The molecule has 1 saturated heterocycles. The van der Waals surface area contributed by atoms with E-state index in [-0.39, 0.29) is 18.0 Å². The molecule has 3 nitrogen and oxygen atoms in total. The Bertz CT molecular complexity index is 140. The fraction of sp³-hybridized carbons (Fsp3) is 0.833. The Morgan fingerprint density at radius 2 is 2.64 bits per heavy atom. The molecule has 0 radical (unpaired) electrons. The molecule has 5 heteroatoms. The fourth-order valence-electron chi connectivity index (χ4n) is 0.727. The highest BCUT2D eigenvalue weighted by Gasteiger charge is 2.23. The van der Waals surface area contributed by atoms with E-state index in [1.54, 1.807) is 11.8 Å². The molecule has 1 heterocycles. The molecule has 1 aliphatic rings. The van der Waals surface area contributed by atoms with Crippen LogP contribution in [0.5, 0.6) is 0 Å². The Morgan fingerprint density at radius 3 is 3.18 bits per heavy atom. The molecule has 0 saturated carbocycles. The van der Waals surface area contributed by atoms with E-state index in [1.807, 2.05) is 0 Å². The Kier molecular flexibility index (Phi) is 4.11. The Labute approximate surface area is 73.9 Å². The van der Waals surface area contributed by atoms with Crippen molar-refractivity contribution in [2.75, 3.05) is 23.9 Å². The molecule has 0 aromatic rings. The predicted octanol–water partition coefficient (Wildman–Crippen LogP) is 0.964. The number of hydrogen-bond donors (Lipinski definition) is 1. The van der Waals surface area contributed by atoms with Gasteiger partial charge in [0, 0.05) is 17.3 Å². The van der Waals surface area contributed by atoms with Gasteiger partial charge in [-0.3, -0.25) is 0 Å². The minimum atomic E-state index is -0.167. The van der Waals surface area contributed by atoms with Gasteiger partial charge in [0.1, 0.15) is 6.10 Å². The summed E-state index contributed by atoms with van der Waals surface area (Å²) in [6.45, 7) is 0.193. The largest absolute Gasteiger partial charge is 0.452 e. The lowest BCUT2D eigenvalue weighted by atomic mass is 10.5. The second-order valence-corrected chi connectivity index (χ2v) is 4.20. The Balaban J connectivity index is 2.04. The van der Waals surface area contributed by atoms with Crippen LogP contribution in [0.2, 0.25) is 0 Å². The van der Waals surface area contributed by atoms with Gasteiger partial charge in [0.15, 0.2) is 0 Å². The van der Waals surface area contributed by atoms with Crippen molar-refractivity contribution >= 4 is 28.8 Å². The molecule has 1 N–H and O–H groups in total. The first kappa shape index (κ1) is 9.22. The van der Waals surface area contributed by atoms with Crippen molar-refractivity contribution in [3.8, 4) is 0 Å². The van der Waals surface area contributed by atoms with Crippen molar-refractivity contribution < 1.29 is 14.6 Å². The van der Waals surface area contributed by atoms with Gasteiger partial charge in [-0.25, -0.2) is 4.79 Å². The van der Waals surface area contributed by atoms with Crippen LogP contribution in [0.4, 0.5) is 4.79 Å². The Morgan fingerprint density at radius 1 is 1.82 bits per heavy atom. The molecule has 1 rings (SSSR count). The SMILES string of the molecule is O=C1OC(CSCCO)CS1. The minimum Gasteiger partial charge on any atom is -0.452 e. The van der Waals surface area contributed by atoms with Gasteiger partial charge in [-0.15, -0.1) is 0 Å². The summed E-state index contributed by atoms with van der Waals surface area (Å²) in [6.07, 6.45) is 0.0593. The van der Waals surface area contributed by atoms with Crippen LogP contribution in [0.3, 0.4) is 0 Å². The van der Waals surface area contributed by atoms with Gasteiger partial charge in [-0.2, -0.15) is 11.8 Å². The van der Waals surface area contributed by atoms with Gasteiger partial charge < -0.3 is 9.84 Å². The zero-order chi connectivity index (χ0) is 8.10. The molecular formula is C6H10O3S2. The number of cyclic esters (lactones) is 1. The van der Waals surface area contributed by atoms with Crippen molar-refractivity contribution in [3.05, 3.63) is 0 Å². The van der Waals surface area contributed by atoms with Crippen LogP contribution in [0.15, 0.2) is 0 Å². The normalized spacial score (nSPS) is 23.7. The third kappa shape index (κ3) is 3.35.